The quantitative estimate of drug-likeness (QED) is 0.938. The van der Waals surface area contributed by atoms with Gasteiger partial charge in [0.1, 0.15) is 0 Å². The van der Waals surface area contributed by atoms with Crippen LogP contribution in [-0.2, 0) is 17.6 Å². The number of ketones is 2. The smallest absolute Gasteiger partial charge is 0.307 e. The van der Waals surface area contributed by atoms with E-state index in [0.29, 0.717) is 34.3 Å². The third kappa shape index (κ3) is 2.91. The van der Waals surface area contributed by atoms with Crippen LogP contribution < -0.4 is 0 Å². The van der Waals surface area contributed by atoms with Crippen molar-refractivity contribution in [1.29, 1.82) is 0 Å². The van der Waals surface area contributed by atoms with Crippen molar-refractivity contribution in [3.05, 3.63) is 81.9 Å². The Morgan fingerprint density at radius 3 is 2.00 bits per heavy atom. The fourth-order valence-electron chi connectivity index (χ4n) is 2.92. The number of carboxylic acids is 1. The number of fused-ring (bicyclic) bond motifs is 1. The summed E-state index contributed by atoms with van der Waals surface area (Å²) in [6, 6.07) is 13.9. The lowest BCUT2D eigenvalue weighted by atomic mass is 9.82. The van der Waals surface area contributed by atoms with E-state index >= 15 is 0 Å². The molecule has 0 bridgehead atoms. The molecule has 0 amide bonds. The molecule has 3 rings (SSSR count). The molecule has 4 heteroatoms. The summed E-state index contributed by atoms with van der Waals surface area (Å²) in [4.78, 5) is 35.9. The SMILES string of the molecule is CC1=C(Cc2ccc(CC(=O)O)cc2)C(=O)c2ccccc2C1=O. The first-order chi connectivity index (χ1) is 11.5. The van der Waals surface area contributed by atoms with Crippen LogP contribution in [0.1, 0.15) is 38.8 Å². The topological polar surface area (TPSA) is 71.4 Å². The molecule has 4 nitrogen and oxygen atoms in total. The van der Waals surface area contributed by atoms with Crippen molar-refractivity contribution >= 4 is 17.5 Å². The number of hydrogen-bond donors (Lipinski definition) is 1. The van der Waals surface area contributed by atoms with Crippen LogP contribution in [0.25, 0.3) is 0 Å². The van der Waals surface area contributed by atoms with Crippen molar-refractivity contribution in [2.75, 3.05) is 0 Å². The average Bonchev–Trinajstić information content (AvgIpc) is 2.58. The number of allylic oxidation sites excluding steroid dienone is 2. The first-order valence-corrected chi connectivity index (χ1v) is 7.65. The standard InChI is InChI=1S/C20H16O4/c1-12-17(10-13-6-8-14(9-7-13)11-18(21)22)20(24)16-5-3-2-4-15(16)19(12)23/h2-9H,10-11H2,1H3,(H,21,22). The highest BCUT2D eigenvalue weighted by atomic mass is 16.4. The van der Waals surface area contributed by atoms with E-state index in [1.54, 1.807) is 55.5 Å². The Morgan fingerprint density at radius 1 is 0.875 bits per heavy atom. The van der Waals surface area contributed by atoms with Gasteiger partial charge in [-0.1, -0.05) is 48.5 Å². The predicted octanol–water partition coefficient (Wildman–Crippen LogP) is 3.25. The molecule has 2 aromatic rings. The highest BCUT2D eigenvalue weighted by molar-refractivity contribution is 6.26. The molecule has 0 atom stereocenters. The van der Waals surface area contributed by atoms with Crippen LogP contribution in [0.5, 0.6) is 0 Å². The first-order valence-electron chi connectivity index (χ1n) is 7.65. The summed E-state index contributed by atoms with van der Waals surface area (Å²) in [5.41, 5.74) is 3.47. The Hall–Kier alpha value is -3.01. The summed E-state index contributed by atoms with van der Waals surface area (Å²) >= 11 is 0. The second kappa shape index (κ2) is 6.24. The van der Waals surface area contributed by atoms with E-state index in [1.807, 2.05) is 0 Å². The van der Waals surface area contributed by atoms with Gasteiger partial charge in [-0.05, 0) is 18.1 Å². The summed E-state index contributed by atoms with van der Waals surface area (Å²) in [5.74, 6) is -1.11. The van der Waals surface area contributed by atoms with Crippen LogP contribution >= 0.6 is 0 Å². The van der Waals surface area contributed by atoms with Gasteiger partial charge in [-0.25, -0.2) is 0 Å². The summed E-state index contributed by atoms with van der Waals surface area (Å²) in [7, 11) is 0. The Kier molecular flexibility index (Phi) is 4.13. The number of carbonyl (C=O) groups is 3. The van der Waals surface area contributed by atoms with Gasteiger partial charge in [-0.15, -0.1) is 0 Å². The molecule has 0 fully saturated rings. The Bertz CT molecular complexity index is 873. The van der Waals surface area contributed by atoms with E-state index < -0.39 is 5.97 Å². The molecule has 0 unspecified atom stereocenters. The molecule has 0 saturated carbocycles. The van der Waals surface area contributed by atoms with Crippen molar-refractivity contribution < 1.29 is 19.5 Å². The summed E-state index contributed by atoms with van der Waals surface area (Å²) in [6.07, 6.45) is 0.324. The molecule has 2 aromatic carbocycles. The van der Waals surface area contributed by atoms with E-state index in [1.165, 1.54) is 0 Å². The molecular formula is C20H16O4. The monoisotopic (exact) mass is 320 g/mol. The highest BCUT2D eigenvalue weighted by Gasteiger charge is 2.29. The Labute approximate surface area is 139 Å². The largest absolute Gasteiger partial charge is 0.481 e. The van der Waals surface area contributed by atoms with Gasteiger partial charge < -0.3 is 5.11 Å². The number of aliphatic carboxylic acids is 1. The van der Waals surface area contributed by atoms with Gasteiger partial charge >= 0.3 is 5.97 Å². The molecule has 1 aliphatic carbocycles. The van der Waals surface area contributed by atoms with Gasteiger partial charge in [-0.2, -0.15) is 0 Å². The fourth-order valence-corrected chi connectivity index (χ4v) is 2.92. The summed E-state index contributed by atoms with van der Waals surface area (Å²) < 4.78 is 0. The minimum atomic E-state index is -0.883. The Balaban J connectivity index is 1.90. The molecular weight excluding hydrogens is 304 g/mol. The highest BCUT2D eigenvalue weighted by Crippen LogP contribution is 2.28. The lowest BCUT2D eigenvalue weighted by Crippen LogP contribution is -2.22. The van der Waals surface area contributed by atoms with E-state index in [-0.39, 0.29) is 18.0 Å². The number of hydrogen-bond acceptors (Lipinski definition) is 3. The van der Waals surface area contributed by atoms with Crippen molar-refractivity contribution in [3.63, 3.8) is 0 Å². The zero-order valence-corrected chi connectivity index (χ0v) is 13.2. The third-order valence-corrected chi connectivity index (χ3v) is 4.24. The summed E-state index contributed by atoms with van der Waals surface area (Å²) in [6.45, 7) is 1.68. The van der Waals surface area contributed by atoms with E-state index in [0.717, 1.165) is 5.56 Å². The van der Waals surface area contributed by atoms with Crippen molar-refractivity contribution in [2.45, 2.75) is 19.8 Å². The number of carboxylic acid groups (broad SMARTS) is 1. The molecule has 0 spiro atoms. The van der Waals surface area contributed by atoms with Crippen molar-refractivity contribution in [1.82, 2.24) is 0 Å². The fraction of sp³-hybridized carbons (Fsp3) is 0.150. The number of rotatable bonds is 4. The lowest BCUT2D eigenvalue weighted by molar-refractivity contribution is -0.136. The molecule has 1 N–H and O–H groups in total. The molecule has 120 valence electrons. The van der Waals surface area contributed by atoms with Gasteiger partial charge in [0.25, 0.3) is 0 Å². The molecule has 1 aliphatic rings. The number of benzene rings is 2. The zero-order chi connectivity index (χ0) is 17.3. The van der Waals surface area contributed by atoms with Crippen LogP contribution in [0, 0.1) is 0 Å². The van der Waals surface area contributed by atoms with Gasteiger partial charge in [0.05, 0.1) is 6.42 Å². The number of Topliss-reactive ketones (excluding diaryl/α,β-unsaturated/α-hetero) is 2. The van der Waals surface area contributed by atoms with E-state index in [2.05, 4.69) is 0 Å². The molecule has 0 saturated heterocycles. The van der Waals surface area contributed by atoms with Gasteiger partial charge in [0.15, 0.2) is 11.6 Å². The van der Waals surface area contributed by atoms with Crippen molar-refractivity contribution in [3.8, 4) is 0 Å². The minimum Gasteiger partial charge on any atom is -0.481 e. The molecule has 0 aliphatic heterocycles. The van der Waals surface area contributed by atoms with E-state index in [9.17, 15) is 14.4 Å². The third-order valence-electron chi connectivity index (χ3n) is 4.24. The molecule has 0 aromatic heterocycles. The summed E-state index contributed by atoms with van der Waals surface area (Å²) in [5, 5.41) is 8.80. The van der Waals surface area contributed by atoms with Crippen LogP contribution in [0.4, 0.5) is 0 Å². The van der Waals surface area contributed by atoms with Gasteiger partial charge in [-0.3, -0.25) is 14.4 Å². The molecule has 0 radical (unpaired) electrons. The predicted molar refractivity (Wildman–Crippen MR) is 89.3 cm³/mol. The normalized spacial score (nSPS) is 13.9. The van der Waals surface area contributed by atoms with E-state index in [4.69, 9.17) is 5.11 Å². The Morgan fingerprint density at radius 2 is 1.42 bits per heavy atom. The maximum atomic E-state index is 12.7. The molecule has 0 heterocycles. The van der Waals surface area contributed by atoms with Crippen LogP contribution in [0.3, 0.4) is 0 Å². The second-order valence-electron chi connectivity index (χ2n) is 5.87. The van der Waals surface area contributed by atoms with Crippen LogP contribution in [0.15, 0.2) is 59.7 Å². The van der Waals surface area contributed by atoms with Crippen LogP contribution in [0.2, 0.25) is 0 Å². The molecule has 24 heavy (non-hydrogen) atoms. The van der Waals surface area contributed by atoms with Gasteiger partial charge in [0.2, 0.25) is 0 Å². The minimum absolute atomic E-state index is 0.0349. The average molecular weight is 320 g/mol. The maximum absolute atomic E-state index is 12.7. The van der Waals surface area contributed by atoms with Gasteiger partial charge in [0, 0.05) is 28.7 Å². The zero-order valence-electron chi connectivity index (χ0n) is 13.2. The van der Waals surface area contributed by atoms with Crippen molar-refractivity contribution in [2.24, 2.45) is 0 Å². The number of carbonyl (C=O) groups excluding carboxylic acids is 2. The maximum Gasteiger partial charge on any atom is 0.307 e. The van der Waals surface area contributed by atoms with Crippen LogP contribution in [-0.4, -0.2) is 22.6 Å². The first kappa shape index (κ1) is 15.9. The lowest BCUT2D eigenvalue weighted by Gasteiger charge is -2.19. The second-order valence-corrected chi connectivity index (χ2v) is 5.87.